The number of alkyl halides is 2. The Kier molecular flexibility index (Phi) is 6.33. The molecule has 0 atom stereocenters. The molecule has 1 heterocycles. The molecule has 0 N–H and O–H groups in total. The van der Waals surface area contributed by atoms with Crippen LogP contribution in [0.2, 0.25) is 5.02 Å². The third kappa shape index (κ3) is 4.83. The first-order valence-corrected chi connectivity index (χ1v) is 8.87. The van der Waals surface area contributed by atoms with Crippen LogP contribution in [0.15, 0.2) is 47.1 Å². The Morgan fingerprint density at radius 2 is 2.07 bits per heavy atom. The van der Waals surface area contributed by atoms with Crippen LogP contribution in [-0.4, -0.2) is 32.2 Å². The van der Waals surface area contributed by atoms with Gasteiger partial charge in [0.15, 0.2) is 17.2 Å². The molecular weight excluding hydrogens is 408 g/mol. The predicted molar refractivity (Wildman–Crippen MR) is 103 cm³/mol. The zero-order chi connectivity index (χ0) is 21.0. The fourth-order valence-corrected chi connectivity index (χ4v) is 2.92. The van der Waals surface area contributed by atoms with Crippen LogP contribution in [0.3, 0.4) is 0 Å². The standard InChI is InChI=1S/C20H16ClF2NO5/c1-3-27-16-9-11(7-14(21)17(16)26-2)8-15-19(25)29-18(24-15)12-5-4-6-13(10-12)28-20(22)23/h4-10,20H,3H2,1-2H3/b15-8+. The lowest BCUT2D eigenvalue weighted by Gasteiger charge is -2.11. The summed E-state index contributed by atoms with van der Waals surface area (Å²) in [5.41, 5.74) is 0.887. The van der Waals surface area contributed by atoms with E-state index < -0.39 is 12.6 Å². The fourth-order valence-electron chi connectivity index (χ4n) is 2.63. The molecule has 1 aliphatic heterocycles. The summed E-state index contributed by atoms with van der Waals surface area (Å²) in [4.78, 5) is 16.3. The SMILES string of the molecule is CCOc1cc(/C=C2/N=C(c3cccc(OC(F)F)c3)OC2=O)cc(Cl)c1OC. The van der Waals surface area contributed by atoms with Crippen molar-refractivity contribution < 1.29 is 32.5 Å². The average Bonchev–Trinajstić information content (AvgIpc) is 3.02. The van der Waals surface area contributed by atoms with E-state index in [2.05, 4.69) is 9.73 Å². The van der Waals surface area contributed by atoms with Crippen molar-refractivity contribution in [2.24, 2.45) is 4.99 Å². The predicted octanol–water partition coefficient (Wildman–Crippen LogP) is 4.69. The molecule has 2 aromatic carbocycles. The highest BCUT2D eigenvalue weighted by Crippen LogP contribution is 2.37. The van der Waals surface area contributed by atoms with Crippen LogP contribution in [-0.2, 0) is 9.53 Å². The molecule has 0 amide bonds. The number of carbonyl (C=O) groups excluding carboxylic acids is 1. The first-order valence-electron chi connectivity index (χ1n) is 8.49. The maximum atomic E-state index is 12.4. The number of aliphatic imine (C=N–C) groups is 1. The number of carbonyl (C=O) groups is 1. The van der Waals surface area contributed by atoms with Crippen molar-refractivity contribution in [3.63, 3.8) is 0 Å². The molecule has 9 heteroatoms. The van der Waals surface area contributed by atoms with E-state index >= 15 is 0 Å². The lowest BCUT2D eigenvalue weighted by atomic mass is 10.1. The maximum Gasteiger partial charge on any atom is 0.387 e. The van der Waals surface area contributed by atoms with Crippen molar-refractivity contribution in [3.8, 4) is 17.2 Å². The van der Waals surface area contributed by atoms with Gasteiger partial charge in [-0.25, -0.2) is 9.79 Å². The minimum atomic E-state index is -2.96. The topological polar surface area (TPSA) is 66.3 Å². The molecule has 0 fully saturated rings. The van der Waals surface area contributed by atoms with E-state index in [9.17, 15) is 13.6 Å². The molecule has 0 aliphatic carbocycles. The number of ether oxygens (including phenoxy) is 4. The third-order valence-electron chi connectivity index (χ3n) is 3.77. The quantitative estimate of drug-likeness (QED) is 0.477. The van der Waals surface area contributed by atoms with E-state index in [-0.39, 0.29) is 17.3 Å². The zero-order valence-electron chi connectivity index (χ0n) is 15.4. The summed E-state index contributed by atoms with van der Waals surface area (Å²) in [6.45, 7) is -0.753. The lowest BCUT2D eigenvalue weighted by Crippen LogP contribution is -2.07. The normalized spacial score (nSPS) is 14.8. The van der Waals surface area contributed by atoms with Gasteiger partial charge >= 0.3 is 12.6 Å². The van der Waals surface area contributed by atoms with E-state index in [1.165, 1.54) is 31.4 Å². The second-order valence-corrected chi connectivity index (χ2v) is 6.12. The van der Waals surface area contributed by atoms with Gasteiger partial charge in [-0.05, 0) is 48.9 Å². The summed E-state index contributed by atoms with van der Waals surface area (Å²) >= 11 is 6.21. The Balaban J connectivity index is 1.93. The fraction of sp³-hybridized carbons (Fsp3) is 0.200. The number of nitrogens with zero attached hydrogens (tertiary/aromatic N) is 1. The third-order valence-corrected chi connectivity index (χ3v) is 4.05. The van der Waals surface area contributed by atoms with E-state index in [0.717, 1.165) is 0 Å². The molecule has 0 bridgehead atoms. The van der Waals surface area contributed by atoms with Crippen LogP contribution < -0.4 is 14.2 Å². The van der Waals surface area contributed by atoms with Crippen LogP contribution in [0.4, 0.5) is 8.78 Å². The molecule has 3 rings (SSSR count). The van der Waals surface area contributed by atoms with Crippen molar-refractivity contribution in [2.45, 2.75) is 13.5 Å². The van der Waals surface area contributed by atoms with Crippen LogP contribution in [0.25, 0.3) is 6.08 Å². The van der Waals surface area contributed by atoms with Crippen molar-refractivity contribution in [1.82, 2.24) is 0 Å². The highest BCUT2D eigenvalue weighted by Gasteiger charge is 2.25. The summed E-state index contributed by atoms with van der Waals surface area (Å²) in [5.74, 6) is 0.0131. The van der Waals surface area contributed by atoms with Gasteiger partial charge in [0.2, 0.25) is 5.90 Å². The number of halogens is 3. The summed E-state index contributed by atoms with van der Waals surface area (Å²) in [5, 5.41) is 0.303. The van der Waals surface area contributed by atoms with Gasteiger partial charge in [0, 0.05) is 5.56 Å². The van der Waals surface area contributed by atoms with Crippen LogP contribution in [0.1, 0.15) is 18.1 Å². The second kappa shape index (κ2) is 8.91. The summed E-state index contributed by atoms with van der Waals surface area (Å²) in [6.07, 6.45) is 1.47. The monoisotopic (exact) mass is 423 g/mol. The van der Waals surface area contributed by atoms with Crippen molar-refractivity contribution in [3.05, 3.63) is 58.2 Å². The number of esters is 1. The molecule has 0 spiro atoms. The summed E-state index contributed by atoms with van der Waals surface area (Å²) < 4.78 is 45.0. The minimum absolute atomic E-state index is 0.0175. The highest BCUT2D eigenvalue weighted by molar-refractivity contribution is 6.32. The van der Waals surface area contributed by atoms with Gasteiger partial charge in [0.1, 0.15) is 5.75 Å². The van der Waals surface area contributed by atoms with Crippen molar-refractivity contribution in [2.75, 3.05) is 13.7 Å². The minimum Gasteiger partial charge on any atom is -0.491 e. The molecule has 6 nitrogen and oxygen atoms in total. The van der Waals surface area contributed by atoms with E-state index in [1.54, 1.807) is 18.2 Å². The molecular formula is C20H16ClF2NO5. The Labute approximate surface area is 170 Å². The molecule has 0 saturated carbocycles. The summed E-state index contributed by atoms with van der Waals surface area (Å²) in [6, 6.07) is 8.96. The van der Waals surface area contributed by atoms with Gasteiger partial charge in [-0.2, -0.15) is 8.78 Å². The Bertz CT molecular complexity index is 991. The Hall–Kier alpha value is -3.13. The van der Waals surface area contributed by atoms with E-state index in [4.69, 9.17) is 25.8 Å². The smallest absolute Gasteiger partial charge is 0.387 e. The lowest BCUT2D eigenvalue weighted by molar-refractivity contribution is -0.129. The van der Waals surface area contributed by atoms with Gasteiger partial charge in [-0.1, -0.05) is 17.7 Å². The number of methoxy groups -OCH3 is 1. The molecule has 152 valence electrons. The molecule has 2 aromatic rings. The number of hydrogen-bond acceptors (Lipinski definition) is 6. The molecule has 1 aliphatic rings. The number of hydrogen-bond donors (Lipinski definition) is 0. The van der Waals surface area contributed by atoms with Gasteiger partial charge < -0.3 is 18.9 Å². The Morgan fingerprint density at radius 1 is 1.28 bits per heavy atom. The zero-order valence-corrected chi connectivity index (χ0v) is 16.2. The largest absolute Gasteiger partial charge is 0.491 e. The van der Waals surface area contributed by atoms with E-state index in [0.29, 0.717) is 34.3 Å². The van der Waals surface area contributed by atoms with E-state index in [1.807, 2.05) is 6.92 Å². The Morgan fingerprint density at radius 3 is 2.76 bits per heavy atom. The van der Waals surface area contributed by atoms with Crippen molar-refractivity contribution in [1.29, 1.82) is 0 Å². The number of rotatable bonds is 7. The van der Waals surface area contributed by atoms with Gasteiger partial charge in [-0.15, -0.1) is 0 Å². The molecule has 0 unspecified atom stereocenters. The number of benzene rings is 2. The number of cyclic esters (lactones) is 1. The summed E-state index contributed by atoms with van der Waals surface area (Å²) in [7, 11) is 1.47. The average molecular weight is 424 g/mol. The van der Waals surface area contributed by atoms with Crippen molar-refractivity contribution >= 4 is 29.5 Å². The maximum absolute atomic E-state index is 12.4. The van der Waals surface area contributed by atoms with Gasteiger partial charge in [-0.3, -0.25) is 0 Å². The molecule has 29 heavy (non-hydrogen) atoms. The van der Waals surface area contributed by atoms with Crippen LogP contribution in [0, 0.1) is 0 Å². The van der Waals surface area contributed by atoms with Gasteiger partial charge in [0.25, 0.3) is 0 Å². The first kappa shape index (κ1) is 20.6. The van der Waals surface area contributed by atoms with Crippen LogP contribution in [0.5, 0.6) is 17.2 Å². The highest BCUT2D eigenvalue weighted by atomic mass is 35.5. The van der Waals surface area contributed by atoms with Gasteiger partial charge in [0.05, 0.1) is 18.7 Å². The molecule has 0 radical (unpaired) electrons. The molecule has 0 aromatic heterocycles. The first-order chi connectivity index (χ1) is 13.9. The van der Waals surface area contributed by atoms with Crippen LogP contribution >= 0.6 is 11.6 Å². The second-order valence-electron chi connectivity index (χ2n) is 5.71. The molecule has 0 saturated heterocycles.